The Kier molecular flexibility index (Phi) is 4.87. The van der Waals surface area contributed by atoms with Gasteiger partial charge in [-0.05, 0) is 56.3 Å². The standard InChI is InChI=1S/C17H27NO/c1-4-15-6-8-16(9-7-15)19-17(10-5-11-17)12-13-18-14(2)3/h6-9,14,18H,4-5,10-13H2,1-3H3. The third-order valence-corrected chi connectivity index (χ3v) is 4.06. The number of nitrogens with one attached hydrogen (secondary N) is 1. The van der Waals surface area contributed by atoms with E-state index in [1.807, 2.05) is 0 Å². The second-order valence-corrected chi connectivity index (χ2v) is 5.99. The Balaban J connectivity index is 1.90. The van der Waals surface area contributed by atoms with Crippen LogP contribution in [0.4, 0.5) is 0 Å². The number of aryl methyl sites for hydroxylation is 1. The van der Waals surface area contributed by atoms with Gasteiger partial charge in [-0.25, -0.2) is 0 Å². The second-order valence-electron chi connectivity index (χ2n) is 5.99. The molecule has 0 unspecified atom stereocenters. The van der Waals surface area contributed by atoms with E-state index in [0.717, 1.165) is 25.1 Å². The Labute approximate surface area is 117 Å². The van der Waals surface area contributed by atoms with Gasteiger partial charge in [0.2, 0.25) is 0 Å². The van der Waals surface area contributed by atoms with Gasteiger partial charge in [-0.15, -0.1) is 0 Å². The van der Waals surface area contributed by atoms with Gasteiger partial charge in [-0.3, -0.25) is 0 Å². The first-order chi connectivity index (χ1) is 9.13. The molecular weight excluding hydrogens is 234 g/mol. The van der Waals surface area contributed by atoms with E-state index in [1.54, 1.807) is 0 Å². The largest absolute Gasteiger partial charge is 0.487 e. The lowest BCUT2D eigenvalue weighted by Gasteiger charge is -2.42. The molecule has 0 heterocycles. The summed E-state index contributed by atoms with van der Waals surface area (Å²) in [5, 5.41) is 3.49. The summed E-state index contributed by atoms with van der Waals surface area (Å²) in [6.07, 6.45) is 5.89. The summed E-state index contributed by atoms with van der Waals surface area (Å²) in [4.78, 5) is 0. The van der Waals surface area contributed by atoms with Crippen molar-refractivity contribution >= 4 is 0 Å². The van der Waals surface area contributed by atoms with Crippen molar-refractivity contribution in [3.63, 3.8) is 0 Å². The minimum absolute atomic E-state index is 0.0929. The summed E-state index contributed by atoms with van der Waals surface area (Å²) in [5.41, 5.74) is 1.46. The van der Waals surface area contributed by atoms with Gasteiger partial charge in [-0.1, -0.05) is 32.9 Å². The average Bonchev–Trinajstić information content (AvgIpc) is 2.36. The summed E-state index contributed by atoms with van der Waals surface area (Å²) < 4.78 is 6.28. The molecule has 2 rings (SSSR count). The summed E-state index contributed by atoms with van der Waals surface area (Å²) in [6.45, 7) is 7.61. The number of hydrogen-bond acceptors (Lipinski definition) is 2. The molecule has 1 aromatic carbocycles. The van der Waals surface area contributed by atoms with Crippen LogP contribution < -0.4 is 10.1 Å². The fourth-order valence-corrected chi connectivity index (χ4v) is 2.61. The van der Waals surface area contributed by atoms with Crippen LogP contribution >= 0.6 is 0 Å². The van der Waals surface area contributed by atoms with Crippen molar-refractivity contribution in [3.8, 4) is 5.75 Å². The van der Waals surface area contributed by atoms with Crippen molar-refractivity contribution in [1.29, 1.82) is 0 Å². The molecule has 0 amide bonds. The van der Waals surface area contributed by atoms with E-state index in [2.05, 4.69) is 50.4 Å². The minimum atomic E-state index is 0.0929. The molecule has 1 aromatic rings. The van der Waals surface area contributed by atoms with Gasteiger partial charge in [0.05, 0.1) is 0 Å². The molecule has 1 N–H and O–H groups in total. The number of rotatable bonds is 7. The highest BCUT2D eigenvalue weighted by atomic mass is 16.5. The molecule has 0 spiro atoms. The highest BCUT2D eigenvalue weighted by Gasteiger charge is 2.38. The van der Waals surface area contributed by atoms with Crippen molar-refractivity contribution in [2.24, 2.45) is 0 Å². The molecule has 1 saturated carbocycles. The van der Waals surface area contributed by atoms with E-state index in [1.165, 1.54) is 24.8 Å². The zero-order valence-corrected chi connectivity index (χ0v) is 12.5. The molecule has 0 aliphatic heterocycles. The molecular formula is C17H27NO. The van der Waals surface area contributed by atoms with Crippen LogP contribution in [-0.4, -0.2) is 18.2 Å². The van der Waals surface area contributed by atoms with E-state index >= 15 is 0 Å². The van der Waals surface area contributed by atoms with Crippen molar-refractivity contribution in [2.45, 2.75) is 64.5 Å². The predicted octanol–water partition coefficient (Wildman–Crippen LogP) is 3.94. The Bertz CT molecular complexity index is 379. The maximum absolute atomic E-state index is 6.28. The Morgan fingerprint density at radius 2 is 1.89 bits per heavy atom. The Hall–Kier alpha value is -1.02. The van der Waals surface area contributed by atoms with Crippen molar-refractivity contribution in [2.75, 3.05) is 6.54 Å². The summed E-state index contributed by atoms with van der Waals surface area (Å²) >= 11 is 0. The monoisotopic (exact) mass is 261 g/mol. The van der Waals surface area contributed by atoms with E-state index in [4.69, 9.17) is 4.74 Å². The van der Waals surface area contributed by atoms with Gasteiger partial charge in [0.15, 0.2) is 0 Å². The molecule has 19 heavy (non-hydrogen) atoms. The lowest BCUT2D eigenvalue weighted by Crippen LogP contribution is -2.45. The molecule has 106 valence electrons. The van der Waals surface area contributed by atoms with Gasteiger partial charge < -0.3 is 10.1 Å². The van der Waals surface area contributed by atoms with Gasteiger partial charge in [0.1, 0.15) is 11.4 Å². The molecule has 1 aliphatic carbocycles. The van der Waals surface area contributed by atoms with Crippen LogP contribution in [-0.2, 0) is 6.42 Å². The molecule has 0 bridgehead atoms. The minimum Gasteiger partial charge on any atom is -0.487 e. The van der Waals surface area contributed by atoms with Crippen LogP contribution in [0.15, 0.2) is 24.3 Å². The fourth-order valence-electron chi connectivity index (χ4n) is 2.61. The van der Waals surface area contributed by atoms with Gasteiger partial charge in [0.25, 0.3) is 0 Å². The first-order valence-electron chi connectivity index (χ1n) is 7.65. The van der Waals surface area contributed by atoms with E-state index in [9.17, 15) is 0 Å². The smallest absolute Gasteiger partial charge is 0.120 e. The van der Waals surface area contributed by atoms with Gasteiger partial charge in [0, 0.05) is 6.04 Å². The van der Waals surface area contributed by atoms with Gasteiger partial charge in [-0.2, -0.15) is 0 Å². The fraction of sp³-hybridized carbons (Fsp3) is 0.647. The summed E-state index contributed by atoms with van der Waals surface area (Å²) in [7, 11) is 0. The molecule has 2 heteroatoms. The zero-order valence-electron chi connectivity index (χ0n) is 12.5. The van der Waals surface area contributed by atoms with Crippen LogP contribution in [0, 0.1) is 0 Å². The maximum atomic E-state index is 6.28. The Morgan fingerprint density at radius 1 is 1.21 bits per heavy atom. The number of hydrogen-bond donors (Lipinski definition) is 1. The average molecular weight is 261 g/mol. The zero-order chi connectivity index (χ0) is 13.7. The molecule has 0 radical (unpaired) electrons. The highest BCUT2D eigenvalue weighted by molar-refractivity contribution is 5.28. The second kappa shape index (κ2) is 6.42. The van der Waals surface area contributed by atoms with Crippen LogP contribution in [0.5, 0.6) is 5.75 Å². The molecule has 1 aliphatic rings. The van der Waals surface area contributed by atoms with Crippen LogP contribution in [0.3, 0.4) is 0 Å². The molecule has 2 nitrogen and oxygen atoms in total. The molecule has 0 saturated heterocycles. The normalized spacial score (nSPS) is 17.3. The third-order valence-electron chi connectivity index (χ3n) is 4.06. The first-order valence-corrected chi connectivity index (χ1v) is 7.65. The lowest BCUT2D eigenvalue weighted by molar-refractivity contribution is -0.0145. The van der Waals surface area contributed by atoms with E-state index in [0.29, 0.717) is 6.04 Å². The number of benzene rings is 1. The van der Waals surface area contributed by atoms with E-state index in [-0.39, 0.29) is 5.60 Å². The Morgan fingerprint density at radius 3 is 2.37 bits per heavy atom. The van der Waals surface area contributed by atoms with Gasteiger partial charge >= 0.3 is 0 Å². The topological polar surface area (TPSA) is 21.3 Å². The number of ether oxygens (including phenoxy) is 1. The maximum Gasteiger partial charge on any atom is 0.120 e. The quantitative estimate of drug-likeness (QED) is 0.802. The summed E-state index contributed by atoms with van der Waals surface area (Å²) in [5.74, 6) is 1.03. The predicted molar refractivity (Wildman–Crippen MR) is 80.8 cm³/mol. The molecule has 1 fully saturated rings. The highest BCUT2D eigenvalue weighted by Crippen LogP contribution is 2.39. The van der Waals surface area contributed by atoms with Crippen molar-refractivity contribution < 1.29 is 4.74 Å². The van der Waals surface area contributed by atoms with Crippen molar-refractivity contribution in [3.05, 3.63) is 29.8 Å². The lowest BCUT2D eigenvalue weighted by atomic mass is 9.77. The van der Waals surface area contributed by atoms with Crippen LogP contribution in [0.1, 0.15) is 52.0 Å². The van der Waals surface area contributed by atoms with Crippen LogP contribution in [0.25, 0.3) is 0 Å². The first kappa shape index (κ1) is 14.4. The molecule has 0 aromatic heterocycles. The third kappa shape index (κ3) is 3.97. The van der Waals surface area contributed by atoms with E-state index < -0.39 is 0 Å². The van der Waals surface area contributed by atoms with Crippen LogP contribution in [0.2, 0.25) is 0 Å². The SMILES string of the molecule is CCc1ccc(OC2(CCNC(C)C)CCC2)cc1. The molecule has 0 atom stereocenters. The van der Waals surface area contributed by atoms with Crippen molar-refractivity contribution in [1.82, 2.24) is 5.32 Å². The summed E-state index contributed by atoms with van der Waals surface area (Å²) in [6, 6.07) is 9.15.